The summed E-state index contributed by atoms with van der Waals surface area (Å²) in [6.07, 6.45) is 2.48. The van der Waals surface area contributed by atoms with Crippen molar-refractivity contribution in [1.82, 2.24) is 4.57 Å². The van der Waals surface area contributed by atoms with Gasteiger partial charge >= 0.3 is 5.97 Å². The fourth-order valence-corrected chi connectivity index (χ4v) is 2.43. The van der Waals surface area contributed by atoms with E-state index in [1.54, 1.807) is 19.2 Å². The van der Waals surface area contributed by atoms with Crippen molar-refractivity contribution in [3.8, 4) is 0 Å². The summed E-state index contributed by atoms with van der Waals surface area (Å²) in [6, 6.07) is 6.50. The van der Waals surface area contributed by atoms with Gasteiger partial charge in [0.05, 0.1) is 6.61 Å². The van der Waals surface area contributed by atoms with Crippen LogP contribution in [0.25, 0.3) is 10.9 Å². The summed E-state index contributed by atoms with van der Waals surface area (Å²) in [4.78, 5) is 24.0. The van der Waals surface area contributed by atoms with Crippen molar-refractivity contribution < 1.29 is 42.2 Å². The van der Waals surface area contributed by atoms with Gasteiger partial charge in [0.2, 0.25) is 0 Å². The SMILES string of the molecule is CCOC(=O)c1cn2c3c(c[c-]cc3c1=O)CC2.[Y]. The number of nitrogens with zero attached hydrogens (tertiary/aromatic N) is 1. The zero-order valence-corrected chi connectivity index (χ0v) is 13.4. The first-order chi connectivity index (χ1) is 8.72. The summed E-state index contributed by atoms with van der Waals surface area (Å²) < 4.78 is 6.86. The van der Waals surface area contributed by atoms with Crippen LogP contribution in [0.15, 0.2) is 23.1 Å². The first-order valence-electron chi connectivity index (χ1n) is 5.95. The molecule has 0 saturated carbocycles. The van der Waals surface area contributed by atoms with Crippen molar-refractivity contribution in [3.63, 3.8) is 0 Å². The molecule has 0 aliphatic carbocycles. The van der Waals surface area contributed by atoms with Gasteiger partial charge in [0.25, 0.3) is 0 Å². The van der Waals surface area contributed by atoms with E-state index in [2.05, 4.69) is 6.07 Å². The molecule has 0 bridgehead atoms. The van der Waals surface area contributed by atoms with E-state index in [4.69, 9.17) is 4.74 Å². The number of aryl methyl sites for hydroxylation is 2. The van der Waals surface area contributed by atoms with Gasteiger partial charge in [0.15, 0.2) is 0 Å². The number of benzene rings is 1. The maximum absolute atomic E-state index is 12.2. The van der Waals surface area contributed by atoms with Crippen LogP contribution in [0.5, 0.6) is 0 Å². The smallest absolute Gasteiger partial charge is 0.342 e. The van der Waals surface area contributed by atoms with Gasteiger partial charge in [-0.2, -0.15) is 18.2 Å². The molecule has 0 spiro atoms. The Balaban J connectivity index is 0.00000133. The molecule has 19 heavy (non-hydrogen) atoms. The number of pyridine rings is 1. The molecule has 2 aromatic rings. The Bertz CT molecular complexity index is 706. The second kappa shape index (κ2) is 5.55. The summed E-state index contributed by atoms with van der Waals surface area (Å²) in [5.41, 5.74) is 1.88. The van der Waals surface area contributed by atoms with Gasteiger partial charge in [0.1, 0.15) is 11.0 Å². The molecule has 0 fully saturated rings. The van der Waals surface area contributed by atoms with Gasteiger partial charge in [0, 0.05) is 45.5 Å². The summed E-state index contributed by atoms with van der Waals surface area (Å²) in [5.74, 6) is -0.551. The van der Waals surface area contributed by atoms with Crippen LogP contribution in [-0.4, -0.2) is 17.1 Å². The van der Waals surface area contributed by atoms with E-state index in [-0.39, 0.29) is 50.3 Å². The summed E-state index contributed by atoms with van der Waals surface area (Å²) in [6.45, 7) is 2.78. The molecule has 3 rings (SSSR count). The Morgan fingerprint density at radius 3 is 3.00 bits per heavy atom. The number of hydrogen-bond acceptors (Lipinski definition) is 3. The zero-order chi connectivity index (χ0) is 12.7. The van der Waals surface area contributed by atoms with E-state index in [1.165, 1.54) is 0 Å². The van der Waals surface area contributed by atoms with Crippen molar-refractivity contribution in [2.45, 2.75) is 19.9 Å². The predicted molar refractivity (Wildman–Crippen MR) is 66.7 cm³/mol. The number of ether oxygens (including phenoxy) is 1. The molecule has 0 saturated heterocycles. The third-order valence-electron chi connectivity index (χ3n) is 3.22. The monoisotopic (exact) mass is 331 g/mol. The van der Waals surface area contributed by atoms with Gasteiger partial charge in [-0.25, -0.2) is 4.79 Å². The topological polar surface area (TPSA) is 48.3 Å². The minimum Gasteiger partial charge on any atom is -0.462 e. The first kappa shape index (κ1) is 14.4. The average molecular weight is 331 g/mol. The Morgan fingerprint density at radius 1 is 1.47 bits per heavy atom. The molecule has 1 aliphatic rings. The van der Waals surface area contributed by atoms with Crippen LogP contribution in [0.3, 0.4) is 0 Å². The molecular weight excluding hydrogens is 319 g/mol. The molecule has 95 valence electrons. The van der Waals surface area contributed by atoms with Crippen LogP contribution in [-0.2, 0) is 50.4 Å². The van der Waals surface area contributed by atoms with E-state index in [0.717, 1.165) is 24.0 Å². The van der Waals surface area contributed by atoms with Crippen LogP contribution < -0.4 is 5.43 Å². The second-order valence-corrected chi connectivity index (χ2v) is 4.28. The largest absolute Gasteiger partial charge is 0.462 e. The Morgan fingerprint density at radius 2 is 2.26 bits per heavy atom. The molecule has 4 nitrogen and oxygen atoms in total. The summed E-state index contributed by atoms with van der Waals surface area (Å²) in [7, 11) is 0. The molecule has 2 heterocycles. The number of rotatable bonds is 2. The standard InChI is InChI=1S/C14H12NO3.Y/c1-2-18-14(17)11-8-15-7-6-9-4-3-5-10(12(9)15)13(11)16;/h4-5,8H,2,6-7H2,1H3;/q-1;. The van der Waals surface area contributed by atoms with Gasteiger partial charge in [-0.1, -0.05) is 17.3 Å². The number of aromatic nitrogens is 1. The van der Waals surface area contributed by atoms with Crippen LogP contribution in [0.1, 0.15) is 22.8 Å². The third kappa shape index (κ3) is 2.28. The van der Waals surface area contributed by atoms with E-state index < -0.39 is 5.97 Å². The predicted octanol–water partition coefficient (Wildman–Crippen LogP) is 1.53. The number of esters is 1. The van der Waals surface area contributed by atoms with E-state index in [1.807, 2.05) is 10.6 Å². The summed E-state index contributed by atoms with van der Waals surface area (Å²) >= 11 is 0. The van der Waals surface area contributed by atoms with E-state index in [0.29, 0.717) is 5.39 Å². The first-order valence-corrected chi connectivity index (χ1v) is 5.95. The normalized spacial score (nSPS) is 12.3. The van der Waals surface area contributed by atoms with E-state index in [9.17, 15) is 9.59 Å². The van der Waals surface area contributed by atoms with Crippen LogP contribution >= 0.6 is 0 Å². The molecule has 0 amide bonds. The Labute approximate surface area is 135 Å². The maximum atomic E-state index is 12.2. The van der Waals surface area contributed by atoms with Crippen LogP contribution in [0, 0.1) is 6.07 Å². The number of carbonyl (C=O) groups is 1. The van der Waals surface area contributed by atoms with Crippen molar-refractivity contribution in [2.24, 2.45) is 0 Å². The van der Waals surface area contributed by atoms with E-state index >= 15 is 0 Å². The molecule has 1 aliphatic heterocycles. The van der Waals surface area contributed by atoms with Gasteiger partial charge in [-0.15, -0.1) is 5.56 Å². The van der Waals surface area contributed by atoms with Crippen molar-refractivity contribution in [2.75, 3.05) is 6.61 Å². The van der Waals surface area contributed by atoms with Crippen LogP contribution in [0.2, 0.25) is 0 Å². The van der Waals surface area contributed by atoms with Crippen molar-refractivity contribution in [3.05, 3.63) is 45.7 Å². The molecule has 1 radical (unpaired) electrons. The zero-order valence-electron chi connectivity index (χ0n) is 10.6. The minimum absolute atomic E-state index is 0. The molecule has 1 aromatic heterocycles. The van der Waals surface area contributed by atoms with Gasteiger partial charge in [-0.05, 0) is 6.92 Å². The molecule has 0 unspecified atom stereocenters. The fourth-order valence-electron chi connectivity index (χ4n) is 2.43. The molecule has 0 atom stereocenters. The average Bonchev–Trinajstić information content (AvgIpc) is 2.78. The van der Waals surface area contributed by atoms with Gasteiger partial charge < -0.3 is 14.1 Å². The molecule has 1 aromatic carbocycles. The third-order valence-corrected chi connectivity index (χ3v) is 3.22. The minimum atomic E-state index is -0.551. The van der Waals surface area contributed by atoms with Gasteiger partial charge in [-0.3, -0.25) is 0 Å². The Kier molecular flexibility index (Phi) is 4.21. The summed E-state index contributed by atoms with van der Waals surface area (Å²) in [5, 5.41) is 0.551. The quantitative estimate of drug-likeness (QED) is 0.619. The molecule has 5 heteroatoms. The Hall–Kier alpha value is -0.996. The maximum Gasteiger partial charge on any atom is 0.342 e. The van der Waals surface area contributed by atoms with Crippen molar-refractivity contribution >= 4 is 16.9 Å². The number of hydrogen-bond donors (Lipinski definition) is 0. The molecule has 0 N–H and O–H groups in total. The number of carbonyl (C=O) groups excluding carboxylic acids is 1. The van der Waals surface area contributed by atoms with Crippen LogP contribution in [0.4, 0.5) is 0 Å². The molecular formula is C14H12NO3Y-. The fraction of sp³-hybridized carbons (Fsp3) is 0.286. The second-order valence-electron chi connectivity index (χ2n) is 4.28. The van der Waals surface area contributed by atoms with Crippen molar-refractivity contribution in [1.29, 1.82) is 0 Å².